The summed E-state index contributed by atoms with van der Waals surface area (Å²) >= 11 is 13.4. The maximum Gasteiger partial charge on any atom is 0.416 e. The minimum Gasteiger partial charge on any atom is -0.324 e. The molecule has 4 aromatic rings. The molecule has 1 amide bonds. The second kappa shape index (κ2) is 10.1. The number of carbonyl (C=O) groups excluding carboxylic acids is 1. The molecule has 4 rings (SSSR count). The fourth-order valence-corrected chi connectivity index (χ4v) is 4.30. The predicted octanol–water partition coefficient (Wildman–Crippen LogP) is 6.99. The number of carbonyl (C=O) groups is 1. The highest BCUT2D eigenvalue weighted by Crippen LogP contribution is 2.34. The van der Waals surface area contributed by atoms with Crippen LogP contribution in [0.25, 0.3) is 17.1 Å². The maximum atomic E-state index is 12.8. The molecular weight excluding hydrogens is 508 g/mol. The average molecular weight is 523 g/mol. The van der Waals surface area contributed by atoms with Crippen molar-refractivity contribution < 1.29 is 18.0 Å². The van der Waals surface area contributed by atoms with E-state index >= 15 is 0 Å². The van der Waals surface area contributed by atoms with E-state index in [1.165, 1.54) is 0 Å². The predicted molar refractivity (Wildman–Crippen MR) is 128 cm³/mol. The van der Waals surface area contributed by atoms with Crippen LogP contribution < -0.4 is 5.32 Å². The van der Waals surface area contributed by atoms with Crippen LogP contribution in [-0.2, 0) is 11.0 Å². The van der Waals surface area contributed by atoms with Gasteiger partial charge in [0.15, 0.2) is 11.0 Å². The third-order valence-electron chi connectivity index (χ3n) is 4.67. The first-order valence-electron chi connectivity index (χ1n) is 9.79. The normalized spacial score (nSPS) is 11.4. The summed E-state index contributed by atoms with van der Waals surface area (Å²) in [5.74, 6) is -0.0377. The quantitative estimate of drug-likeness (QED) is 0.277. The summed E-state index contributed by atoms with van der Waals surface area (Å²) in [4.78, 5) is 12.5. The Balaban J connectivity index is 1.56. The SMILES string of the molecule is O=C(CSc1nnc(-c2ccccc2Cl)n1-c1ccccc1)Nc1ccc(C(F)(F)F)cc1Cl. The molecule has 0 aliphatic heterocycles. The first-order valence-corrected chi connectivity index (χ1v) is 11.5. The number of rotatable bonds is 6. The third-order valence-corrected chi connectivity index (χ3v) is 6.24. The number of nitrogens with zero attached hydrogens (tertiary/aromatic N) is 3. The molecule has 0 saturated carbocycles. The molecular formula is C23H15Cl2F3N4OS. The Morgan fingerprint density at radius 2 is 1.65 bits per heavy atom. The van der Waals surface area contributed by atoms with Crippen molar-refractivity contribution in [2.75, 3.05) is 11.1 Å². The molecule has 1 N–H and O–H groups in total. The number of para-hydroxylation sites is 1. The van der Waals surface area contributed by atoms with Crippen LogP contribution in [0.4, 0.5) is 18.9 Å². The first-order chi connectivity index (χ1) is 16.2. The molecule has 3 aromatic carbocycles. The molecule has 0 spiro atoms. The molecule has 11 heteroatoms. The van der Waals surface area contributed by atoms with Crippen LogP contribution in [0.15, 0.2) is 78.0 Å². The molecule has 0 fully saturated rings. The van der Waals surface area contributed by atoms with Crippen LogP contribution in [0.5, 0.6) is 0 Å². The lowest BCUT2D eigenvalue weighted by atomic mass is 10.2. The zero-order valence-corrected chi connectivity index (χ0v) is 19.5. The number of thioether (sulfide) groups is 1. The number of alkyl halides is 3. The van der Waals surface area contributed by atoms with Gasteiger partial charge in [0.1, 0.15) is 0 Å². The molecule has 0 aliphatic rings. The Morgan fingerprint density at radius 1 is 0.941 bits per heavy atom. The Hall–Kier alpha value is -3.01. The Labute approximate surface area is 206 Å². The van der Waals surface area contributed by atoms with Gasteiger partial charge in [-0.15, -0.1) is 10.2 Å². The van der Waals surface area contributed by atoms with Crippen LogP contribution in [-0.4, -0.2) is 26.4 Å². The van der Waals surface area contributed by atoms with Gasteiger partial charge < -0.3 is 5.32 Å². The van der Waals surface area contributed by atoms with Crippen LogP contribution in [0.2, 0.25) is 10.0 Å². The fourth-order valence-electron chi connectivity index (χ4n) is 3.10. The second-order valence-electron chi connectivity index (χ2n) is 6.99. The van der Waals surface area contributed by atoms with E-state index < -0.39 is 17.6 Å². The van der Waals surface area contributed by atoms with E-state index in [9.17, 15) is 18.0 Å². The van der Waals surface area contributed by atoms with Crippen molar-refractivity contribution in [2.24, 2.45) is 0 Å². The smallest absolute Gasteiger partial charge is 0.324 e. The molecule has 0 bridgehead atoms. The highest BCUT2D eigenvalue weighted by molar-refractivity contribution is 7.99. The molecule has 0 radical (unpaired) electrons. The summed E-state index contributed by atoms with van der Waals surface area (Å²) in [6.07, 6.45) is -4.52. The summed E-state index contributed by atoms with van der Waals surface area (Å²) in [5, 5.41) is 11.8. The maximum absolute atomic E-state index is 12.8. The number of hydrogen-bond donors (Lipinski definition) is 1. The molecule has 1 aromatic heterocycles. The number of amides is 1. The molecule has 0 saturated heterocycles. The molecule has 174 valence electrons. The van der Waals surface area contributed by atoms with E-state index in [0.717, 1.165) is 35.6 Å². The highest BCUT2D eigenvalue weighted by Gasteiger charge is 2.31. The Bertz CT molecular complexity index is 1330. The molecule has 0 aliphatic carbocycles. The number of halogens is 5. The molecule has 0 atom stereocenters. The van der Waals surface area contributed by atoms with E-state index in [4.69, 9.17) is 23.2 Å². The van der Waals surface area contributed by atoms with Gasteiger partial charge in [-0.05, 0) is 42.5 Å². The van der Waals surface area contributed by atoms with Crippen molar-refractivity contribution in [3.05, 3.63) is 88.4 Å². The highest BCUT2D eigenvalue weighted by atomic mass is 35.5. The van der Waals surface area contributed by atoms with Gasteiger partial charge in [-0.2, -0.15) is 13.2 Å². The summed E-state index contributed by atoms with van der Waals surface area (Å²) in [6, 6.07) is 19.3. The monoisotopic (exact) mass is 522 g/mol. The van der Waals surface area contributed by atoms with Crippen molar-refractivity contribution in [1.29, 1.82) is 0 Å². The van der Waals surface area contributed by atoms with Crippen molar-refractivity contribution in [3.8, 4) is 17.1 Å². The number of anilines is 1. The van der Waals surface area contributed by atoms with Gasteiger partial charge in [0.05, 0.1) is 27.0 Å². The Kier molecular flexibility index (Phi) is 7.16. The number of benzene rings is 3. The van der Waals surface area contributed by atoms with Crippen LogP contribution in [0.1, 0.15) is 5.56 Å². The number of aromatic nitrogens is 3. The first kappa shape index (κ1) is 24.1. The van der Waals surface area contributed by atoms with Gasteiger partial charge in [-0.1, -0.05) is 65.3 Å². The van der Waals surface area contributed by atoms with Gasteiger partial charge in [0, 0.05) is 11.3 Å². The van der Waals surface area contributed by atoms with Gasteiger partial charge in [-0.3, -0.25) is 9.36 Å². The van der Waals surface area contributed by atoms with Gasteiger partial charge in [-0.25, -0.2) is 0 Å². The van der Waals surface area contributed by atoms with Crippen LogP contribution >= 0.6 is 35.0 Å². The second-order valence-corrected chi connectivity index (χ2v) is 8.74. The number of hydrogen-bond acceptors (Lipinski definition) is 4. The Morgan fingerprint density at radius 3 is 2.32 bits per heavy atom. The molecule has 34 heavy (non-hydrogen) atoms. The lowest BCUT2D eigenvalue weighted by Gasteiger charge is -2.12. The average Bonchev–Trinajstić information content (AvgIpc) is 3.23. The minimum absolute atomic E-state index is 0.0785. The van der Waals surface area contributed by atoms with E-state index in [0.29, 0.717) is 21.6 Å². The fraction of sp³-hybridized carbons (Fsp3) is 0.0870. The number of nitrogens with one attached hydrogen (secondary N) is 1. The van der Waals surface area contributed by atoms with Gasteiger partial charge in [0.25, 0.3) is 0 Å². The standard InChI is InChI=1S/C23H15Cl2F3N4OS/c24-17-9-5-4-8-16(17)21-30-31-22(32(21)15-6-2-1-3-7-15)34-13-20(33)29-19-11-10-14(12-18(19)25)23(26,27)28/h1-12H,13H2,(H,29,33). The van der Waals surface area contributed by atoms with Crippen molar-refractivity contribution >= 4 is 46.6 Å². The van der Waals surface area contributed by atoms with E-state index in [1.807, 2.05) is 42.5 Å². The zero-order valence-electron chi connectivity index (χ0n) is 17.2. The topological polar surface area (TPSA) is 59.8 Å². The molecule has 5 nitrogen and oxygen atoms in total. The van der Waals surface area contributed by atoms with Crippen LogP contribution in [0.3, 0.4) is 0 Å². The lowest BCUT2D eigenvalue weighted by Crippen LogP contribution is -2.15. The van der Waals surface area contributed by atoms with Crippen molar-refractivity contribution in [1.82, 2.24) is 14.8 Å². The zero-order chi connectivity index (χ0) is 24.3. The van der Waals surface area contributed by atoms with E-state index in [2.05, 4.69) is 15.5 Å². The summed E-state index contributed by atoms with van der Waals surface area (Å²) in [7, 11) is 0. The minimum atomic E-state index is -4.52. The lowest BCUT2D eigenvalue weighted by molar-refractivity contribution is -0.137. The van der Waals surface area contributed by atoms with Crippen molar-refractivity contribution in [2.45, 2.75) is 11.3 Å². The van der Waals surface area contributed by atoms with Gasteiger partial charge >= 0.3 is 6.18 Å². The molecule has 1 heterocycles. The van der Waals surface area contributed by atoms with E-state index in [-0.39, 0.29) is 16.5 Å². The summed E-state index contributed by atoms with van der Waals surface area (Å²) in [6.45, 7) is 0. The largest absolute Gasteiger partial charge is 0.416 e. The third kappa shape index (κ3) is 5.38. The van der Waals surface area contributed by atoms with E-state index in [1.54, 1.807) is 16.7 Å². The molecule has 0 unspecified atom stereocenters. The van der Waals surface area contributed by atoms with Crippen molar-refractivity contribution in [3.63, 3.8) is 0 Å². The van der Waals surface area contributed by atoms with Gasteiger partial charge in [0.2, 0.25) is 5.91 Å². The van der Waals surface area contributed by atoms with Crippen LogP contribution in [0, 0.1) is 0 Å². The summed E-state index contributed by atoms with van der Waals surface area (Å²) < 4.78 is 40.3. The summed E-state index contributed by atoms with van der Waals surface area (Å²) in [5.41, 5.74) is 0.638.